The van der Waals surface area contributed by atoms with Crippen molar-refractivity contribution in [1.82, 2.24) is 5.32 Å². The molecule has 0 aromatic heterocycles. The molecule has 0 fully saturated rings. The van der Waals surface area contributed by atoms with Crippen molar-refractivity contribution in [1.29, 1.82) is 0 Å². The second-order valence-electron chi connectivity index (χ2n) is 21.4. The molecule has 400 valence electrons. The van der Waals surface area contributed by atoms with E-state index in [9.17, 15) is 19.8 Å². The number of esters is 1. The van der Waals surface area contributed by atoms with Crippen molar-refractivity contribution < 1.29 is 24.5 Å². The second-order valence-corrected chi connectivity index (χ2v) is 21.4. The first-order chi connectivity index (χ1) is 33.0. The molecule has 6 nitrogen and oxygen atoms in total. The molecule has 6 heteroatoms. The Kier molecular flexibility index (Phi) is 56.5. The SMILES string of the molecule is CCCCCCCCCCCCCCCCCCCCCCCCC(O)C(CO)NC(=O)CCCCCCCCCCCOC(=O)CCCCCCCCCCCCCCCCCCCCC. The Morgan fingerprint density at radius 3 is 0.910 bits per heavy atom. The first-order valence-corrected chi connectivity index (χ1v) is 30.8. The molecule has 0 radical (unpaired) electrons. The van der Waals surface area contributed by atoms with Crippen molar-refractivity contribution >= 4 is 11.9 Å². The molecule has 0 rings (SSSR count). The Morgan fingerprint density at radius 2 is 0.612 bits per heavy atom. The number of aliphatic hydroxyl groups is 2. The summed E-state index contributed by atoms with van der Waals surface area (Å²) >= 11 is 0. The Hall–Kier alpha value is -1.14. The van der Waals surface area contributed by atoms with Gasteiger partial charge in [-0.3, -0.25) is 9.59 Å². The van der Waals surface area contributed by atoms with E-state index in [2.05, 4.69) is 19.2 Å². The number of hydrogen-bond acceptors (Lipinski definition) is 5. The van der Waals surface area contributed by atoms with E-state index in [0.29, 0.717) is 25.9 Å². The highest BCUT2D eigenvalue weighted by Crippen LogP contribution is 2.18. The maximum atomic E-state index is 12.5. The van der Waals surface area contributed by atoms with Crippen molar-refractivity contribution in [2.24, 2.45) is 0 Å². The predicted molar refractivity (Wildman–Crippen MR) is 292 cm³/mol. The van der Waals surface area contributed by atoms with E-state index < -0.39 is 12.1 Å². The second kappa shape index (κ2) is 57.4. The van der Waals surface area contributed by atoms with Crippen molar-refractivity contribution in [2.45, 2.75) is 366 Å². The normalized spacial score (nSPS) is 12.5. The van der Waals surface area contributed by atoms with Crippen LogP contribution in [0.2, 0.25) is 0 Å². The average Bonchev–Trinajstić information content (AvgIpc) is 3.33. The van der Waals surface area contributed by atoms with Gasteiger partial charge in [0.05, 0.1) is 25.4 Å². The lowest BCUT2D eigenvalue weighted by Crippen LogP contribution is -2.45. The standard InChI is InChI=1S/C61H121NO5/c1-3-5-7-9-11-13-15-17-19-21-23-24-25-27-28-30-32-34-37-41-45-49-53-59(64)58(57-63)62-60(65)54-50-46-42-38-36-40-44-48-52-56-67-61(66)55-51-47-43-39-35-33-31-29-26-22-20-18-16-14-12-10-8-6-4-2/h58-59,63-64H,3-57H2,1-2H3,(H,62,65). The molecular formula is C61H121NO5. The lowest BCUT2D eigenvalue weighted by Gasteiger charge is -2.22. The Bertz CT molecular complexity index is 959. The molecule has 0 aromatic rings. The largest absolute Gasteiger partial charge is 0.466 e. The van der Waals surface area contributed by atoms with Gasteiger partial charge in [0.25, 0.3) is 0 Å². The van der Waals surface area contributed by atoms with Crippen LogP contribution in [0.1, 0.15) is 354 Å². The Morgan fingerprint density at radius 1 is 0.358 bits per heavy atom. The highest BCUT2D eigenvalue weighted by Gasteiger charge is 2.20. The zero-order valence-electron chi connectivity index (χ0n) is 45.7. The van der Waals surface area contributed by atoms with Crippen molar-refractivity contribution in [2.75, 3.05) is 13.2 Å². The molecule has 0 spiro atoms. The van der Waals surface area contributed by atoms with Gasteiger partial charge in [-0.25, -0.2) is 0 Å². The minimum absolute atomic E-state index is 0.0184. The molecule has 1 amide bonds. The molecular weight excluding hydrogens is 827 g/mol. The maximum Gasteiger partial charge on any atom is 0.305 e. The molecule has 0 aromatic carbocycles. The summed E-state index contributed by atoms with van der Waals surface area (Å²) in [5.74, 6) is -0.0754. The number of carbonyl (C=O) groups excluding carboxylic acids is 2. The first kappa shape index (κ1) is 65.9. The number of unbranched alkanes of at least 4 members (excludes halogenated alkanes) is 47. The van der Waals surface area contributed by atoms with Gasteiger partial charge in [-0.15, -0.1) is 0 Å². The van der Waals surface area contributed by atoms with Gasteiger partial charge in [-0.05, 0) is 25.7 Å². The third kappa shape index (κ3) is 54.0. The fraction of sp³-hybridized carbons (Fsp3) is 0.967. The lowest BCUT2D eigenvalue weighted by atomic mass is 10.0. The van der Waals surface area contributed by atoms with Crippen molar-refractivity contribution in [3.8, 4) is 0 Å². The number of rotatable bonds is 58. The third-order valence-electron chi connectivity index (χ3n) is 14.7. The summed E-state index contributed by atoms with van der Waals surface area (Å²) in [6.07, 6.45) is 66.8. The summed E-state index contributed by atoms with van der Waals surface area (Å²) in [6.45, 7) is 4.93. The number of hydrogen-bond donors (Lipinski definition) is 3. The third-order valence-corrected chi connectivity index (χ3v) is 14.7. The summed E-state index contributed by atoms with van der Waals surface area (Å²) in [4.78, 5) is 24.6. The zero-order chi connectivity index (χ0) is 48.6. The zero-order valence-corrected chi connectivity index (χ0v) is 45.7. The van der Waals surface area contributed by atoms with Gasteiger partial charge >= 0.3 is 5.97 Å². The lowest BCUT2D eigenvalue weighted by molar-refractivity contribution is -0.143. The van der Waals surface area contributed by atoms with Gasteiger partial charge in [0.1, 0.15) is 0 Å². The van der Waals surface area contributed by atoms with E-state index in [-0.39, 0.29) is 18.5 Å². The number of aliphatic hydroxyl groups excluding tert-OH is 2. The molecule has 0 saturated heterocycles. The molecule has 2 atom stereocenters. The van der Waals surface area contributed by atoms with Crippen LogP contribution in [0.3, 0.4) is 0 Å². The van der Waals surface area contributed by atoms with Crippen LogP contribution >= 0.6 is 0 Å². The van der Waals surface area contributed by atoms with Crippen LogP contribution in [0.15, 0.2) is 0 Å². The topological polar surface area (TPSA) is 95.9 Å². The van der Waals surface area contributed by atoms with E-state index in [1.807, 2.05) is 0 Å². The summed E-state index contributed by atoms with van der Waals surface area (Å²) in [7, 11) is 0. The molecule has 0 aliphatic rings. The quantitative estimate of drug-likeness (QED) is 0.0417. The van der Waals surface area contributed by atoms with Crippen LogP contribution in [-0.4, -0.2) is 47.4 Å². The number of amides is 1. The molecule has 67 heavy (non-hydrogen) atoms. The van der Waals surface area contributed by atoms with Crippen molar-refractivity contribution in [3.05, 3.63) is 0 Å². The fourth-order valence-electron chi connectivity index (χ4n) is 9.94. The smallest absolute Gasteiger partial charge is 0.305 e. The van der Waals surface area contributed by atoms with Gasteiger partial charge in [0.15, 0.2) is 0 Å². The minimum atomic E-state index is -0.681. The molecule has 0 aliphatic heterocycles. The van der Waals surface area contributed by atoms with Crippen LogP contribution in [0, 0.1) is 0 Å². The van der Waals surface area contributed by atoms with Gasteiger partial charge in [-0.1, -0.05) is 316 Å². The molecule has 0 saturated carbocycles. The maximum absolute atomic E-state index is 12.5. The number of ether oxygens (including phenoxy) is 1. The van der Waals surface area contributed by atoms with E-state index in [1.165, 1.54) is 263 Å². The summed E-state index contributed by atoms with van der Waals surface area (Å²) in [5, 5.41) is 23.3. The van der Waals surface area contributed by atoms with E-state index in [4.69, 9.17) is 4.74 Å². The van der Waals surface area contributed by atoms with Gasteiger partial charge in [0, 0.05) is 12.8 Å². The molecule has 3 N–H and O–H groups in total. The summed E-state index contributed by atoms with van der Waals surface area (Å²) in [5.41, 5.74) is 0. The molecule has 0 bridgehead atoms. The van der Waals surface area contributed by atoms with Crippen LogP contribution in [0.4, 0.5) is 0 Å². The minimum Gasteiger partial charge on any atom is -0.466 e. The van der Waals surface area contributed by atoms with E-state index in [0.717, 1.165) is 57.8 Å². The van der Waals surface area contributed by atoms with Crippen LogP contribution in [0.5, 0.6) is 0 Å². The molecule has 2 unspecified atom stereocenters. The van der Waals surface area contributed by atoms with Gasteiger partial charge in [-0.2, -0.15) is 0 Å². The fourth-order valence-corrected chi connectivity index (χ4v) is 9.94. The number of carbonyl (C=O) groups is 2. The summed E-state index contributed by atoms with van der Waals surface area (Å²) < 4.78 is 5.48. The molecule has 0 heterocycles. The average molecular weight is 949 g/mol. The van der Waals surface area contributed by atoms with Gasteiger partial charge < -0.3 is 20.3 Å². The highest BCUT2D eigenvalue weighted by atomic mass is 16.5. The Labute approximate surface area is 419 Å². The van der Waals surface area contributed by atoms with Crippen molar-refractivity contribution in [3.63, 3.8) is 0 Å². The van der Waals surface area contributed by atoms with Crippen LogP contribution in [-0.2, 0) is 14.3 Å². The Balaban J connectivity index is 3.43. The van der Waals surface area contributed by atoms with E-state index >= 15 is 0 Å². The predicted octanol–water partition coefficient (Wildman–Crippen LogP) is 19.1. The van der Waals surface area contributed by atoms with E-state index in [1.54, 1.807) is 0 Å². The molecule has 0 aliphatic carbocycles. The summed E-state index contributed by atoms with van der Waals surface area (Å²) in [6, 6.07) is -0.561. The highest BCUT2D eigenvalue weighted by molar-refractivity contribution is 5.76. The number of nitrogens with one attached hydrogen (secondary N) is 1. The monoisotopic (exact) mass is 948 g/mol. The van der Waals surface area contributed by atoms with Crippen LogP contribution in [0.25, 0.3) is 0 Å². The first-order valence-electron chi connectivity index (χ1n) is 30.8. The van der Waals surface area contributed by atoms with Gasteiger partial charge in [0.2, 0.25) is 5.91 Å². The van der Waals surface area contributed by atoms with Crippen LogP contribution < -0.4 is 5.32 Å².